The fourth-order valence-corrected chi connectivity index (χ4v) is 3.84. The molecule has 0 bridgehead atoms. The molecule has 4 N–H and O–H groups in total. The number of nitrogens with two attached hydrogens (primary N) is 1. The zero-order valence-electron chi connectivity index (χ0n) is 16.6. The summed E-state index contributed by atoms with van der Waals surface area (Å²) < 4.78 is 14.2. The van der Waals surface area contributed by atoms with Gasteiger partial charge >= 0.3 is 0 Å². The summed E-state index contributed by atoms with van der Waals surface area (Å²) in [5, 5.41) is 20.2. The molecule has 0 spiro atoms. The van der Waals surface area contributed by atoms with Crippen LogP contribution in [0.15, 0.2) is 52.5 Å². The lowest BCUT2D eigenvalue weighted by Gasteiger charge is -2.31. The van der Waals surface area contributed by atoms with E-state index < -0.39 is 11.4 Å². The van der Waals surface area contributed by atoms with Gasteiger partial charge in [0, 0.05) is 29.6 Å². The number of aliphatic imine (C=N–C) groups is 1. The maximum atomic E-state index is 14.2. The van der Waals surface area contributed by atoms with Crippen LogP contribution in [-0.4, -0.2) is 28.3 Å². The lowest BCUT2D eigenvalue weighted by Crippen LogP contribution is -2.29. The second kappa shape index (κ2) is 10.5. The number of aliphatic hydroxyl groups excluding tert-OH is 1. The van der Waals surface area contributed by atoms with E-state index in [9.17, 15) is 9.18 Å². The number of amidine groups is 1. The van der Waals surface area contributed by atoms with Crippen molar-refractivity contribution in [3.8, 4) is 6.07 Å². The number of aromatic nitrogens is 1. The summed E-state index contributed by atoms with van der Waals surface area (Å²) in [6, 6.07) is 9.88. The van der Waals surface area contributed by atoms with Crippen LogP contribution >= 0.6 is 11.8 Å². The number of carbonyl (C=O) groups is 1. The fourth-order valence-electron chi connectivity index (χ4n) is 2.82. The predicted molar refractivity (Wildman–Crippen MR) is 116 cm³/mol. The second-order valence-corrected chi connectivity index (χ2v) is 7.76. The van der Waals surface area contributed by atoms with Gasteiger partial charge in [-0.2, -0.15) is 5.26 Å². The van der Waals surface area contributed by atoms with Crippen molar-refractivity contribution in [2.24, 2.45) is 10.7 Å². The number of nitrogens with zero attached hydrogens (tertiary/aromatic N) is 3. The Balaban J connectivity index is 0.000000297. The van der Waals surface area contributed by atoms with Crippen LogP contribution in [0.1, 0.15) is 30.2 Å². The van der Waals surface area contributed by atoms with Crippen molar-refractivity contribution in [2.45, 2.75) is 25.8 Å². The molecule has 156 valence electrons. The molecular weight excluding hydrogens is 405 g/mol. The first-order valence-corrected chi connectivity index (χ1v) is 9.79. The molecular formula is C21H22FN5O2S. The largest absolute Gasteiger partial charge is 0.392 e. The normalized spacial score (nSPS) is 19.2. The van der Waals surface area contributed by atoms with Crippen molar-refractivity contribution in [1.82, 2.24) is 4.98 Å². The number of nitrogens with one attached hydrogen (secondary N) is 1. The van der Waals surface area contributed by atoms with Gasteiger partial charge in [-0.05, 0) is 55.2 Å². The Hall–Kier alpha value is -3.22. The lowest BCUT2D eigenvalue weighted by molar-refractivity contribution is -0.105. The van der Waals surface area contributed by atoms with Crippen LogP contribution in [0.3, 0.4) is 0 Å². The molecule has 0 radical (unpaired) electrons. The van der Waals surface area contributed by atoms with Gasteiger partial charge in [0.1, 0.15) is 11.9 Å². The molecule has 1 aromatic heterocycles. The van der Waals surface area contributed by atoms with Crippen LogP contribution < -0.4 is 11.1 Å². The van der Waals surface area contributed by atoms with Gasteiger partial charge in [-0.1, -0.05) is 11.8 Å². The van der Waals surface area contributed by atoms with Crippen LogP contribution in [0.4, 0.5) is 10.1 Å². The topological polar surface area (TPSA) is 124 Å². The minimum absolute atomic E-state index is 0.110. The molecule has 30 heavy (non-hydrogen) atoms. The van der Waals surface area contributed by atoms with Crippen LogP contribution in [0, 0.1) is 24.1 Å². The third kappa shape index (κ3) is 6.14. The van der Waals surface area contributed by atoms with E-state index in [1.54, 1.807) is 31.3 Å². The summed E-state index contributed by atoms with van der Waals surface area (Å²) in [5.74, 6) is -0.416. The monoisotopic (exact) mass is 427 g/mol. The van der Waals surface area contributed by atoms with Crippen molar-refractivity contribution >= 4 is 29.0 Å². The summed E-state index contributed by atoms with van der Waals surface area (Å²) in [4.78, 5) is 19.6. The average Bonchev–Trinajstić information content (AvgIpc) is 2.70. The van der Waals surface area contributed by atoms with E-state index in [2.05, 4.69) is 15.3 Å². The van der Waals surface area contributed by atoms with Crippen LogP contribution in [0.25, 0.3) is 0 Å². The van der Waals surface area contributed by atoms with Gasteiger partial charge in [-0.25, -0.2) is 4.39 Å². The third-order valence-corrected chi connectivity index (χ3v) is 5.12. The Bertz CT molecular complexity index is 1000. The highest BCUT2D eigenvalue weighted by Gasteiger charge is 2.34. The molecule has 1 aliphatic heterocycles. The van der Waals surface area contributed by atoms with Crippen molar-refractivity contribution < 1.29 is 14.3 Å². The molecule has 9 heteroatoms. The summed E-state index contributed by atoms with van der Waals surface area (Å²) >= 11 is 1.26. The zero-order chi connectivity index (χ0) is 22.1. The van der Waals surface area contributed by atoms with E-state index >= 15 is 0 Å². The number of benzene rings is 1. The molecule has 2 heterocycles. The third-order valence-electron chi connectivity index (χ3n) is 4.24. The Kier molecular flexibility index (Phi) is 8.09. The van der Waals surface area contributed by atoms with E-state index in [4.69, 9.17) is 16.1 Å². The van der Waals surface area contributed by atoms with Gasteiger partial charge in [0.25, 0.3) is 0 Å². The van der Waals surface area contributed by atoms with Crippen molar-refractivity contribution in [3.05, 3.63) is 70.1 Å². The van der Waals surface area contributed by atoms with Gasteiger partial charge in [0.15, 0.2) is 5.17 Å². The average molecular weight is 428 g/mol. The number of halogens is 1. The Morgan fingerprint density at radius 3 is 2.80 bits per heavy atom. The first-order chi connectivity index (χ1) is 14.3. The van der Waals surface area contributed by atoms with Crippen LogP contribution in [-0.2, 0) is 10.3 Å². The van der Waals surface area contributed by atoms with E-state index in [1.165, 1.54) is 23.9 Å². The summed E-state index contributed by atoms with van der Waals surface area (Å²) in [6.07, 6.45) is 4.16. The summed E-state index contributed by atoms with van der Waals surface area (Å²) in [7, 11) is 0. The van der Waals surface area contributed by atoms with Gasteiger partial charge in [-0.3, -0.25) is 14.8 Å². The van der Waals surface area contributed by atoms with Gasteiger partial charge in [0.05, 0.1) is 17.7 Å². The smallest absolute Gasteiger partial charge is 0.211 e. The standard InChI is InChI=1S/C14H16FN3O2S.C7H6N2/c1-14(7-10(4-5-19)21-13(16)18-14)11-6-9(17-8-20)2-3-12(11)15;1-6-2-3-7(4-8)5-9-6/h2-4,6,8,19H,5,7H2,1H3,(H2,16,18)(H,17,20);2-3,5H,1H3/b10-4-;. The highest BCUT2D eigenvalue weighted by Crippen LogP contribution is 2.42. The number of aliphatic hydroxyl groups is 1. The molecule has 2 aromatic rings. The Labute approximate surface area is 178 Å². The quantitative estimate of drug-likeness (QED) is 0.644. The molecule has 1 amide bonds. The molecule has 1 aromatic carbocycles. The first-order valence-electron chi connectivity index (χ1n) is 8.97. The predicted octanol–water partition coefficient (Wildman–Crippen LogP) is 3.20. The van der Waals surface area contributed by atoms with Crippen molar-refractivity contribution in [1.29, 1.82) is 5.26 Å². The van der Waals surface area contributed by atoms with Gasteiger partial charge in [0.2, 0.25) is 6.41 Å². The number of anilines is 1. The molecule has 7 nitrogen and oxygen atoms in total. The number of pyridine rings is 1. The van der Waals surface area contributed by atoms with E-state index in [0.29, 0.717) is 34.8 Å². The van der Waals surface area contributed by atoms with E-state index in [-0.39, 0.29) is 6.61 Å². The molecule has 1 aliphatic rings. The lowest BCUT2D eigenvalue weighted by atomic mass is 9.88. The number of rotatable bonds is 4. The van der Waals surface area contributed by atoms with E-state index in [1.807, 2.05) is 19.1 Å². The first kappa shape index (κ1) is 23.1. The van der Waals surface area contributed by atoms with Crippen LogP contribution in [0.5, 0.6) is 0 Å². The number of aryl methyl sites for hydroxylation is 1. The number of amides is 1. The zero-order valence-corrected chi connectivity index (χ0v) is 17.4. The van der Waals surface area contributed by atoms with Crippen molar-refractivity contribution in [3.63, 3.8) is 0 Å². The number of thioether (sulfide) groups is 1. The Morgan fingerprint density at radius 2 is 2.20 bits per heavy atom. The highest BCUT2D eigenvalue weighted by molar-refractivity contribution is 8.17. The molecule has 0 aliphatic carbocycles. The minimum atomic E-state index is -0.874. The number of hydrogen-bond acceptors (Lipinski definition) is 7. The number of carbonyl (C=O) groups excluding carboxylic acids is 1. The number of hydrogen-bond donors (Lipinski definition) is 3. The second-order valence-electron chi connectivity index (χ2n) is 6.61. The molecule has 1 atom stereocenters. The highest BCUT2D eigenvalue weighted by atomic mass is 32.2. The molecule has 1 unspecified atom stereocenters. The maximum Gasteiger partial charge on any atom is 0.211 e. The van der Waals surface area contributed by atoms with Gasteiger partial charge < -0.3 is 16.2 Å². The summed E-state index contributed by atoms with van der Waals surface area (Å²) in [6.45, 7) is 3.55. The molecule has 3 rings (SSSR count). The maximum absolute atomic E-state index is 14.2. The van der Waals surface area contributed by atoms with E-state index in [0.717, 1.165) is 10.6 Å². The minimum Gasteiger partial charge on any atom is -0.392 e. The van der Waals surface area contributed by atoms with Gasteiger partial charge in [-0.15, -0.1) is 0 Å². The SMILES string of the molecule is CC1(c2cc(NC=O)ccc2F)C/C(=C/CO)SC(N)=N1.Cc1ccc(C#N)cn1. The van der Waals surface area contributed by atoms with Crippen molar-refractivity contribution in [2.75, 3.05) is 11.9 Å². The summed E-state index contributed by atoms with van der Waals surface area (Å²) in [5.41, 5.74) is 7.32. The molecule has 0 saturated carbocycles. The van der Waals surface area contributed by atoms with Crippen LogP contribution in [0.2, 0.25) is 0 Å². The number of nitriles is 1. The fraction of sp³-hybridized carbons (Fsp3) is 0.238. The molecule has 0 fully saturated rings. The molecule has 0 saturated heterocycles. The Morgan fingerprint density at radius 1 is 1.43 bits per heavy atom.